The highest BCUT2D eigenvalue weighted by Crippen LogP contribution is 2.29. The molecule has 0 spiro atoms. The maximum Gasteiger partial charge on any atom is 0.354 e. The fourth-order valence-electron chi connectivity index (χ4n) is 2.08. The number of hydrogen-bond acceptors (Lipinski definition) is 4. The van der Waals surface area contributed by atoms with E-state index in [1.54, 1.807) is 6.07 Å². The van der Waals surface area contributed by atoms with Crippen LogP contribution < -0.4 is 10.6 Å². The summed E-state index contributed by atoms with van der Waals surface area (Å²) in [4.78, 5) is 17.3. The standard InChI is InChI=1S/C16H19N3O2/c1-2-3-11-19(12-7-5-4-6-8-12)15-13(17)9-10-14(18-15)16(20)21/h4-10H,2-3,11,17H2,1H3,(H,20,21). The molecular formula is C16H19N3O2. The zero-order valence-corrected chi connectivity index (χ0v) is 12.0. The van der Waals surface area contributed by atoms with Crippen LogP contribution in [-0.4, -0.2) is 22.6 Å². The van der Waals surface area contributed by atoms with Crippen molar-refractivity contribution in [3.05, 3.63) is 48.2 Å². The molecule has 0 aliphatic heterocycles. The first kappa shape index (κ1) is 14.8. The van der Waals surface area contributed by atoms with Gasteiger partial charge in [-0.1, -0.05) is 31.5 Å². The number of nitrogens with two attached hydrogens (primary N) is 1. The van der Waals surface area contributed by atoms with Gasteiger partial charge in [0.05, 0.1) is 5.69 Å². The summed E-state index contributed by atoms with van der Waals surface area (Å²) in [5.41, 5.74) is 7.42. The predicted molar refractivity (Wildman–Crippen MR) is 84.0 cm³/mol. The monoisotopic (exact) mass is 285 g/mol. The first-order chi connectivity index (χ1) is 10.1. The summed E-state index contributed by atoms with van der Waals surface area (Å²) in [6.07, 6.45) is 2.00. The van der Waals surface area contributed by atoms with E-state index in [4.69, 9.17) is 10.8 Å². The van der Waals surface area contributed by atoms with Crippen LogP contribution in [0.4, 0.5) is 17.2 Å². The van der Waals surface area contributed by atoms with Gasteiger partial charge in [0.15, 0.2) is 11.5 Å². The molecule has 3 N–H and O–H groups in total. The molecule has 0 unspecified atom stereocenters. The van der Waals surface area contributed by atoms with Crippen molar-refractivity contribution in [1.29, 1.82) is 0 Å². The molecule has 2 rings (SSSR count). The van der Waals surface area contributed by atoms with Crippen LogP contribution in [0.2, 0.25) is 0 Å². The molecule has 1 aromatic heterocycles. The second-order valence-corrected chi connectivity index (χ2v) is 4.76. The minimum Gasteiger partial charge on any atom is -0.477 e. The third-order valence-corrected chi connectivity index (χ3v) is 3.18. The smallest absolute Gasteiger partial charge is 0.354 e. The molecule has 0 aliphatic carbocycles. The summed E-state index contributed by atoms with van der Waals surface area (Å²) < 4.78 is 0. The molecule has 110 valence electrons. The molecule has 0 radical (unpaired) electrons. The van der Waals surface area contributed by atoms with Gasteiger partial charge in [-0.2, -0.15) is 0 Å². The Morgan fingerprint density at radius 3 is 2.57 bits per heavy atom. The normalized spacial score (nSPS) is 10.3. The highest BCUT2D eigenvalue weighted by molar-refractivity contribution is 5.87. The lowest BCUT2D eigenvalue weighted by Crippen LogP contribution is -2.21. The van der Waals surface area contributed by atoms with Crippen LogP contribution in [0.3, 0.4) is 0 Å². The van der Waals surface area contributed by atoms with Crippen LogP contribution in [0.15, 0.2) is 42.5 Å². The molecule has 0 bridgehead atoms. The molecule has 0 amide bonds. The molecule has 5 nitrogen and oxygen atoms in total. The number of carboxylic acids is 1. The number of aromatic nitrogens is 1. The van der Waals surface area contributed by atoms with Gasteiger partial charge in [0.1, 0.15) is 0 Å². The first-order valence-electron chi connectivity index (χ1n) is 6.96. The molecule has 5 heteroatoms. The molecule has 0 fully saturated rings. The van der Waals surface area contributed by atoms with Gasteiger partial charge in [0.25, 0.3) is 0 Å². The third kappa shape index (κ3) is 3.51. The maximum absolute atomic E-state index is 11.1. The van der Waals surface area contributed by atoms with Crippen LogP contribution in [0.5, 0.6) is 0 Å². The number of anilines is 3. The average Bonchev–Trinajstić information content (AvgIpc) is 2.50. The number of hydrogen-bond donors (Lipinski definition) is 2. The number of nitrogens with zero attached hydrogens (tertiary/aromatic N) is 2. The predicted octanol–water partition coefficient (Wildman–Crippen LogP) is 3.30. The molecule has 2 aromatic rings. The molecule has 0 saturated carbocycles. The number of nitrogen functional groups attached to an aromatic ring is 1. The van der Waals surface area contributed by atoms with Crippen LogP contribution in [-0.2, 0) is 0 Å². The van der Waals surface area contributed by atoms with E-state index in [1.807, 2.05) is 35.2 Å². The largest absolute Gasteiger partial charge is 0.477 e. The summed E-state index contributed by atoms with van der Waals surface area (Å²) in [5.74, 6) is -0.561. The Labute approximate surface area is 124 Å². The van der Waals surface area contributed by atoms with Crippen molar-refractivity contribution in [2.45, 2.75) is 19.8 Å². The summed E-state index contributed by atoms with van der Waals surface area (Å²) >= 11 is 0. The summed E-state index contributed by atoms with van der Waals surface area (Å²) in [6.45, 7) is 2.84. The van der Waals surface area contributed by atoms with Crippen molar-refractivity contribution in [3.8, 4) is 0 Å². The second kappa shape index (κ2) is 6.74. The van der Waals surface area contributed by atoms with E-state index in [0.717, 1.165) is 25.1 Å². The fourth-order valence-corrected chi connectivity index (χ4v) is 2.08. The van der Waals surface area contributed by atoms with Crippen molar-refractivity contribution in [3.63, 3.8) is 0 Å². The van der Waals surface area contributed by atoms with E-state index in [9.17, 15) is 4.79 Å². The van der Waals surface area contributed by atoms with Crippen LogP contribution in [0, 0.1) is 0 Å². The Kier molecular flexibility index (Phi) is 4.77. The van der Waals surface area contributed by atoms with E-state index in [1.165, 1.54) is 6.07 Å². The molecular weight excluding hydrogens is 266 g/mol. The highest BCUT2D eigenvalue weighted by Gasteiger charge is 2.16. The third-order valence-electron chi connectivity index (χ3n) is 3.18. The van der Waals surface area contributed by atoms with Gasteiger partial charge in [-0.05, 0) is 30.7 Å². The van der Waals surface area contributed by atoms with Crippen LogP contribution in [0.25, 0.3) is 0 Å². The summed E-state index contributed by atoms with van der Waals surface area (Å²) in [6, 6.07) is 12.7. The maximum atomic E-state index is 11.1. The lowest BCUT2D eigenvalue weighted by atomic mass is 10.2. The zero-order valence-electron chi connectivity index (χ0n) is 12.0. The average molecular weight is 285 g/mol. The lowest BCUT2D eigenvalue weighted by molar-refractivity contribution is 0.0690. The SMILES string of the molecule is CCCCN(c1ccccc1)c1nc(C(=O)O)ccc1N. The van der Waals surface area contributed by atoms with Crippen molar-refractivity contribution in [2.75, 3.05) is 17.2 Å². The topological polar surface area (TPSA) is 79.5 Å². The van der Waals surface area contributed by atoms with Crippen LogP contribution in [0.1, 0.15) is 30.3 Å². The Morgan fingerprint density at radius 2 is 1.95 bits per heavy atom. The Hall–Kier alpha value is -2.56. The Balaban J connectivity index is 2.45. The molecule has 0 saturated heterocycles. The molecule has 1 aromatic carbocycles. The van der Waals surface area contributed by atoms with Gasteiger partial charge in [-0.25, -0.2) is 9.78 Å². The summed E-state index contributed by atoms with van der Waals surface area (Å²) in [7, 11) is 0. The van der Waals surface area contributed by atoms with E-state index in [-0.39, 0.29) is 5.69 Å². The van der Waals surface area contributed by atoms with Gasteiger partial charge in [-0.15, -0.1) is 0 Å². The summed E-state index contributed by atoms with van der Waals surface area (Å²) in [5, 5.41) is 9.11. The van der Waals surface area contributed by atoms with Gasteiger partial charge >= 0.3 is 5.97 Å². The number of carbonyl (C=O) groups is 1. The number of benzene rings is 1. The Morgan fingerprint density at radius 1 is 1.24 bits per heavy atom. The van der Waals surface area contributed by atoms with E-state index in [0.29, 0.717) is 11.5 Å². The second-order valence-electron chi connectivity index (χ2n) is 4.76. The number of para-hydroxylation sites is 1. The van der Waals surface area contributed by atoms with E-state index < -0.39 is 5.97 Å². The van der Waals surface area contributed by atoms with E-state index >= 15 is 0 Å². The van der Waals surface area contributed by atoms with Gasteiger partial charge in [0, 0.05) is 12.2 Å². The van der Waals surface area contributed by atoms with Crippen LogP contribution >= 0.6 is 0 Å². The van der Waals surface area contributed by atoms with Crippen molar-refractivity contribution < 1.29 is 9.90 Å². The number of aromatic carboxylic acids is 1. The van der Waals surface area contributed by atoms with Crippen molar-refractivity contribution in [2.24, 2.45) is 0 Å². The minimum atomic E-state index is -1.06. The van der Waals surface area contributed by atoms with Crippen molar-refractivity contribution in [1.82, 2.24) is 4.98 Å². The number of unbranched alkanes of at least 4 members (excludes halogenated alkanes) is 1. The van der Waals surface area contributed by atoms with Crippen molar-refractivity contribution >= 4 is 23.2 Å². The minimum absolute atomic E-state index is 0.00312. The number of pyridine rings is 1. The molecule has 21 heavy (non-hydrogen) atoms. The Bertz CT molecular complexity index is 614. The molecule has 0 atom stereocenters. The fraction of sp³-hybridized carbons (Fsp3) is 0.250. The zero-order chi connectivity index (χ0) is 15.2. The number of carboxylic acid groups (broad SMARTS) is 1. The van der Waals surface area contributed by atoms with E-state index in [2.05, 4.69) is 11.9 Å². The lowest BCUT2D eigenvalue weighted by Gasteiger charge is -2.25. The van der Waals surface area contributed by atoms with Gasteiger partial charge in [-0.3, -0.25) is 0 Å². The molecule has 0 aliphatic rings. The highest BCUT2D eigenvalue weighted by atomic mass is 16.4. The van der Waals surface area contributed by atoms with Gasteiger partial charge < -0.3 is 15.7 Å². The quantitative estimate of drug-likeness (QED) is 0.851. The first-order valence-corrected chi connectivity index (χ1v) is 6.96. The van der Waals surface area contributed by atoms with Gasteiger partial charge in [0.2, 0.25) is 0 Å². The number of rotatable bonds is 6. The molecule has 1 heterocycles.